The fourth-order valence-corrected chi connectivity index (χ4v) is 3.64. The largest absolute Gasteiger partial charge is 0.385 e. The van der Waals surface area contributed by atoms with E-state index >= 15 is 0 Å². The van der Waals surface area contributed by atoms with Gasteiger partial charge in [0, 0.05) is 29.4 Å². The van der Waals surface area contributed by atoms with E-state index in [2.05, 4.69) is 15.6 Å². The molecule has 0 atom stereocenters. The Bertz CT molecular complexity index is 604. The number of rotatable bonds is 7. The van der Waals surface area contributed by atoms with Gasteiger partial charge in [-0.15, -0.1) is 11.3 Å². The molecule has 1 amide bonds. The van der Waals surface area contributed by atoms with Crippen LogP contribution in [0.3, 0.4) is 0 Å². The lowest BCUT2D eigenvalue weighted by atomic mass is 10.0. The van der Waals surface area contributed by atoms with Gasteiger partial charge in [-0.1, -0.05) is 25.7 Å². The van der Waals surface area contributed by atoms with Crippen LogP contribution >= 0.6 is 11.3 Å². The first-order valence-corrected chi connectivity index (χ1v) is 9.24. The number of carbonyl (C=O) groups is 1. The van der Waals surface area contributed by atoms with E-state index in [1.54, 1.807) is 6.20 Å². The van der Waals surface area contributed by atoms with Crippen molar-refractivity contribution in [1.29, 1.82) is 0 Å². The summed E-state index contributed by atoms with van der Waals surface area (Å²) in [6.45, 7) is 1.00. The molecular formula is C18H23N3OS. The summed E-state index contributed by atoms with van der Waals surface area (Å²) in [7, 11) is 0. The highest BCUT2D eigenvalue weighted by molar-refractivity contribution is 7.13. The van der Waals surface area contributed by atoms with Crippen LogP contribution in [0.2, 0.25) is 0 Å². The molecule has 4 nitrogen and oxygen atoms in total. The second-order valence-electron chi connectivity index (χ2n) is 6.09. The maximum absolute atomic E-state index is 12.1. The second kappa shape index (κ2) is 8.11. The molecule has 1 aliphatic rings. The molecule has 1 fully saturated rings. The fourth-order valence-electron chi connectivity index (χ4n) is 3.12. The lowest BCUT2D eigenvalue weighted by Crippen LogP contribution is -2.11. The zero-order valence-electron chi connectivity index (χ0n) is 13.3. The Balaban J connectivity index is 1.42. The Morgan fingerprint density at radius 3 is 2.70 bits per heavy atom. The summed E-state index contributed by atoms with van der Waals surface area (Å²) < 4.78 is 0. The zero-order valence-corrected chi connectivity index (χ0v) is 14.1. The molecule has 23 heavy (non-hydrogen) atoms. The van der Waals surface area contributed by atoms with E-state index < -0.39 is 0 Å². The molecule has 1 aliphatic carbocycles. The molecular weight excluding hydrogens is 306 g/mol. The highest BCUT2D eigenvalue weighted by atomic mass is 32.1. The molecule has 3 rings (SSSR count). The van der Waals surface area contributed by atoms with Gasteiger partial charge in [0.2, 0.25) is 0 Å². The highest BCUT2D eigenvalue weighted by Crippen LogP contribution is 2.28. The normalized spacial score (nSPS) is 14.8. The number of anilines is 2. The van der Waals surface area contributed by atoms with Crippen molar-refractivity contribution in [2.75, 3.05) is 17.2 Å². The molecule has 2 aromatic rings. The van der Waals surface area contributed by atoms with Crippen LogP contribution in [0.25, 0.3) is 0 Å². The number of amides is 1. The summed E-state index contributed by atoms with van der Waals surface area (Å²) in [5.41, 5.74) is 1.72. The Hall–Kier alpha value is -1.88. The van der Waals surface area contributed by atoms with E-state index in [0.717, 1.165) is 18.2 Å². The van der Waals surface area contributed by atoms with Crippen molar-refractivity contribution in [2.24, 2.45) is 5.92 Å². The molecule has 2 N–H and O–H groups in total. The third kappa shape index (κ3) is 4.79. The summed E-state index contributed by atoms with van der Waals surface area (Å²) in [4.78, 5) is 16.1. The quantitative estimate of drug-likeness (QED) is 0.719. The van der Waals surface area contributed by atoms with Crippen molar-refractivity contribution < 1.29 is 4.79 Å². The van der Waals surface area contributed by atoms with E-state index in [9.17, 15) is 4.79 Å². The van der Waals surface area contributed by atoms with Crippen LogP contribution in [-0.4, -0.2) is 17.4 Å². The summed E-state index contributed by atoms with van der Waals surface area (Å²) in [5.74, 6) is 0.835. The number of carbonyl (C=O) groups excluding carboxylic acids is 1. The van der Waals surface area contributed by atoms with Crippen molar-refractivity contribution in [1.82, 2.24) is 4.98 Å². The minimum Gasteiger partial charge on any atom is -0.385 e. The van der Waals surface area contributed by atoms with Gasteiger partial charge in [-0.25, -0.2) is 4.98 Å². The van der Waals surface area contributed by atoms with Gasteiger partial charge in [-0.05, 0) is 43.0 Å². The number of hydrogen-bond acceptors (Lipinski definition) is 4. The van der Waals surface area contributed by atoms with E-state index in [-0.39, 0.29) is 5.91 Å². The number of hydrogen-bond donors (Lipinski definition) is 2. The molecule has 5 heteroatoms. The molecule has 0 spiro atoms. The van der Waals surface area contributed by atoms with Crippen LogP contribution in [0.4, 0.5) is 10.8 Å². The summed E-state index contributed by atoms with van der Waals surface area (Å²) in [6.07, 6.45) is 9.91. The van der Waals surface area contributed by atoms with Crippen LogP contribution < -0.4 is 10.6 Å². The van der Waals surface area contributed by atoms with Crippen molar-refractivity contribution in [3.05, 3.63) is 41.4 Å². The molecule has 0 bridgehead atoms. The fraction of sp³-hybridized carbons (Fsp3) is 0.444. The number of benzene rings is 1. The van der Waals surface area contributed by atoms with Crippen molar-refractivity contribution in [3.8, 4) is 0 Å². The number of nitrogens with one attached hydrogen (secondary N) is 2. The topological polar surface area (TPSA) is 54.0 Å². The third-order valence-corrected chi connectivity index (χ3v) is 5.08. The van der Waals surface area contributed by atoms with Crippen molar-refractivity contribution >= 4 is 28.1 Å². The van der Waals surface area contributed by atoms with Gasteiger partial charge in [-0.3, -0.25) is 10.1 Å². The molecule has 0 unspecified atom stereocenters. The van der Waals surface area contributed by atoms with Gasteiger partial charge >= 0.3 is 0 Å². The van der Waals surface area contributed by atoms with Crippen molar-refractivity contribution in [3.63, 3.8) is 0 Å². The molecule has 0 aliphatic heterocycles. The molecule has 1 aromatic heterocycles. The molecule has 1 saturated carbocycles. The Morgan fingerprint density at radius 2 is 2.00 bits per heavy atom. The number of nitrogens with zero attached hydrogens (tertiary/aromatic N) is 1. The predicted octanol–water partition coefficient (Wildman–Crippen LogP) is 4.78. The number of thiazole rings is 1. The second-order valence-corrected chi connectivity index (χ2v) is 6.98. The van der Waals surface area contributed by atoms with Crippen LogP contribution in [0.1, 0.15) is 48.9 Å². The van der Waals surface area contributed by atoms with Crippen LogP contribution in [0.15, 0.2) is 35.8 Å². The minimum absolute atomic E-state index is 0.118. The molecule has 1 heterocycles. The third-order valence-electron chi connectivity index (χ3n) is 4.39. The molecule has 122 valence electrons. The summed E-state index contributed by atoms with van der Waals surface area (Å²) in [5, 5.41) is 8.70. The Labute approximate surface area is 141 Å². The van der Waals surface area contributed by atoms with Gasteiger partial charge in [0.25, 0.3) is 5.91 Å². The van der Waals surface area contributed by atoms with Gasteiger partial charge in [0.1, 0.15) is 0 Å². The highest BCUT2D eigenvalue weighted by Gasteiger charge is 2.13. The van der Waals surface area contributed by atoms with Crippen LogP contribution in [-0.2, 0) is 0 Å². The molecule has 0 radical (unpaired) electrons. The van der Waals surface area contributed by atoms with E-state index in [1.807, 2.05) is 29.6 Å². The predicted molar refractivity (Wildman–Crippen MR) is 96.2 cm³/mol. The number of aromatic nitrogens is 1. The van der Waals surface area contributed by atoms with Gasteiger partial charge in [0.05, 0.1) is 0 Å². The van der Waals surface area contributed by atoms with E-state index in [4.69, 9.17) is 0 Å². The Morgan fingerprint density at radius 1 is 1.22 bits per heavy atom. The average Bonchev–Trinajstić information content (AvgIpc) is 3.26. The lowest BCUT2D eigenvalue weighted by Gasteiger charge is -2.10. The average molecular weight is 329 g/mol. The maximum Gasteiger partial charge on any atom is 0.257 e. The minimum atomic E-state index is -0.118. The first kappa shape index (κ1) is 16.0. The van der Waals surface area contributed by atoms with Gasteiger partial charge in [-0.2, -0.15) is 0 Å². The molecule has 1 aromatic carbocycles. The van der Waals surface area contributed by atoms with Gasteiger partial charge < -0.3 is 5.32 Å². The Kier molecular flexibility index (Phi) is 5.64. The van der Waals surface area contributed by atoms with Crippen molar-refractivity contribution in [2.45, 2.75) is 38.5 Å². The SMILES string of the molecule is O=C(Nc1nccs1)c1ccc(NCCCC2CCCC2)cc1. The first-order valence-electron chi connectivity index (χ1n) is 8.36. The lowest BCUT2D eigenvalue weighted by molar-refractivity contribution is 0.102. The maximum atomic E-state index is 12.1. The monoisotopic (exact) mass is 329 g/mol. The summed E-state index contributed by atoms with van der Waals surface area (Å²) >= 11 is 1.42. The zero-order chi connectivity index (χ0) is 15.9. The standard InChI is InChI=1S/C18H23N3OS/c22-17(21-18-20-12-13-23-18)15-7-9-16(10-8-15)19-11-3-6-14-4-1-2-5-14/h7-10,12-14,19H,1-6,11H2,(H,20,21,22). The van der Waals surface area contributed by atoms with E-state index in [0.29, 0.717) is 10.7 Å². The van der Waals surface area contributed by atoms with E-state index in [1.165, 1.54) is 49.9 Å². The summed E-state index contributed by atoms with van der Waals surface area (Å²) in [6, 6.07) is 7.63. The first-order chi connectivity index (χ1) is 11.3. The smallest absolute Gasteiger partial charge is 0.257 e. The van der Waals surface area contributed by atoms with Crippen LogP contribution in [0, 0.1) is 5.92 Å². The van der Waals surface area contributed by atoms with Gasteiger partial charge in [0.15, 0.2) is 5.13 Å². The molecule has 0 saturated heterocycles. The van der Waals surface area contributed by atoms with Crippen LogP contribution in [0.5, 0.6) is 0 Å².